The van der Waals surface area contributed by atoms with Crippen molar-refractivity contribution in [1.29, 1.82) is 0 Å². The van der Waals surface area contributed by atoms with Gasteiger partial charge in [-0.3, -0.25) is 0 Å². The molecule has 0 fully saturated rings. The first-order valence-corrected chi connectivity index (χ1v) is 21.3. The maximum absolute atomic E-state index is 5.40. The van der Waals surface area contributed by atoms with Gasteiger partial charge in [0.15, 0.2) is 5.82 Å². The Morgan fingerprint density at radius 3 is 1.46 bits per heavy atom. The van der Waals surface area contributed by atoms with Gasteiger partial charge in [0.2, 0.25) is 0 Å². The van der Waals surface area contributed by atoms with E-state index in [1.165, 1.54) is 21.9 Å². The van der Waals surface area contributed by atoms with E-state index in [2.05, 4.69) is 223 Å². The second-order valence-electron chi connectivity index (χ2n) is 16.0. The van der Waals surface area contributed by atoms with Crippen LogP contribution in [-0.2, 0) is 0 Å². The summed E-state index contributed by atoms with van der Waals surface area (Å²) < 4.78 is 2.42. The van der Waals surface area contributed by atoms with Crippen molar-refractivity contribution in [3.63, 3.8) is 0 Å². The first-order chi connectivity index (χ1) is 31.2. The maximum Gasteiger partial charge on any atom is 0.160 e. The van der Waals surface area contributed by atoms with E-state index in [-0.39, 0.29) is 0 Å². The highest BCUT2D eigenvalue weighted by molar-refractivity contribution is 6.22. The number of hydrogen-bond acceptors (Lipinski definition) is 3. The molecular formula is C59H38N4. The van der Waals surface area contributed by atoms with E-state index < -0.39 is 0 Å². The summed E-state index contributed by atoms with van der Waals surface area (Å²) in [6.45, 7) is 0. The van der Waals surface area contributed by atoms with Crippen LogP contribution in [-0.4, -0.2) is 19.5 Å². The maximum atomic E-state index is 5.40. The van der Waals surface area contributed by atoms with Crippen LogP contribution in [0.3, 0.4) is 0 Å². The van der Waals surface area contributed by atoms with E-state index in [0.717, 1.165) is 88.9 Å². The van der Waals surface area contributed by atoms with Gasteiger partial charge in [-0.25, -0.2) is 15.0 Å². The van der Waals surface area contributed by atoms with E-state index in [9.17, 15) is 0 Å². The molecule has 3 heterocycles. The molecular weight excluding hydrogens is 765 g/mol. The number of nitrogens with zero attached hydrogens (tertiary/aromatic N) is 4. The number of fused-ring (bicyclic) bond motifs is 6. The smallest absolute Gasteiger partial charge is 0.160 e. The van der Waals surface area contributed by atoms with E-state index in [0.29, 0.717) is 5.82 Å². The Kier molecular flexibility index (Phi) is 8.79. The Morgan fingerprint density at radius 2 is 0.810 bits per heavy atom. The third-order valence-electron chi connectivity index (χ3n) is 12.2. The molecule has 0 saturated heterocycles. The van der Waals surface area contributed by atoms with Gasteiger partial charge in [-0.1, -0.05) is 200 Å². The number of pyridine rings is 1. The SMILES string of the molecule is c1ccc(-c2ccc(-c3cc(-c4ccc(-c5ccccc5)cc4)nc(-c4ccc(-c5nc6ccccc6c6c5c5ccccc5n6-c5ccc6ccccc6c5)cc4)n3)cc2)cc1. The number of hydrogen-bond donors (Lipinski definition) is 0. The third kappa shape index (κ3) is 6.53. The lowest BCUT2D eigenvalue weighted by Gasteiger charge is -2.13. The molecule has 9 aromatic carbocycles. The zero-order chi connectivity index (χ0) is 41.7. The molecule has 0 aliphatic heterocycles. The van der Waals surface area contributed by atoms with Gasteiger partial charge >= 0.3 is 0 Å². The lowest BCUT2D eigenvalue weighted by atomic mass is 10.00. The molecule has 0 atom stereocenters. The number of benzene rings is 9. The fourth-order valence-corrected chi connectivity index (χ4v) is 9.05. The Balaban J connectivity index is 0.994. The predicted molar refractivity (Wildman–Crippen MR) is 262 cm³/mol. The highest BCUT2D eigenvalue weighted by Crippen LogP contribution is 2.42. The first kappa shape index (κ1) is 36.4. The number of para-hydroxylation sites is 2. The van der Waals surface area contributed by atoms with Crippen LogP contribution in [0.2, 0.25) is 0 Å². The molecule has 4 nitrogen and oxygen atoms in total. The minimum Gasteiger partial charge on any atom is -0.308 e. The number of rotatable bonds is 7. The van der Waals surface area contributed by atoms with Crippen molar-refractivity contribution in [2.24, 2.45) is 0 Å². The van der Waals surface area contributed by atoms with Gasteiger partial charge in [-0.15, -0.1) is 0 Å². The Hall–Kier alpha value is -8.47. The first-order valence-electron chi connectivity index (χ1n) is 21.3. The lowest BCUT2D eigenvalue weighted by Crippen LogP contribution is -1.97. The fraction of sp³-hybridized carbons (Fsp3) is 0. The lowest BCUT2D eigenvalue weighted by molar-refractivity contribution is 1.18. The van der Waals surface area contributed by atoms with Crippen LogP contribution in [0.4, 0.5) is 0 Å². The molecule has 0 unspecified atom stereocenters. The summed E-state index contributed by atoms with van der Waals surface area (Å²) >= 11 is 0. The second kappa shape index (κ2) is 15.2. The van der Waals surface area contributed by atoms with Gasteiger partial charge < -0.3 is 4.57 Å². The molecule has 12 rings (SSSR count). The molecule has 0 N–H and O–H groups in total. The van der Waals surface area contributed by atoms with Crippen LogP contribution < -0.4 is 0 Å². The van der Waals surface area contributed by atoms with Crippen molar-refractivity contribution in [3.8, 4) is 73.1 Å². The Morgan fingerprint density at radius 1 is 0.317 bits per heavy atom. The molecule has 3 aromatic heterocycles. The van der Waals surface area contributed by atoms with Crippen molar-refractivity contribution in [1.82, 2.24) is 19.5 Å². The van der Waals surface area contributed by atoms with Gasteiger partial charge in [-0.05, 0) is 63.4 Å². The molecule has 12 aromatic rings. The van der Waals surface area contributed by atoms with Gasteiger partial charge in [0.25, 0.3) is 0 Å². The minimum atomic E-state index is 0.665. The van der Waals surface area contributed by atoms with Crippen LogP contribution in [0.1, 0.15) is 0 Å². The molecule has 63 heavy (non-hydrogen) atoms. The Bertz CT molecular complexity index is 3530. The van der Waals surface area contributed by atoms with Crippen LogP contribution in [0, 0.1) is 0 Å². The summed E-state index contributed by atoms with van der Waals surface area (Å²) in [5, 5.41) is 5.83. The standard InChI is InChI=1S/C59H38N4/c1-3-13-39(14-4-1)42-23-27-44(28-24-42)53-38-54(45-29-25-43(26-30-45)40-15-5-2-6-16-40)62-59(61-53)47-33-31-46(32-34-47)57-56-51-20-10-12-22-55(51)63(58(56)50-19-9-11-21-52(50)60-57)49-36-35-41-17-7-8-18-48(41)37-49/h1-38H. The minimum absolute atomic E-state index is 0.665. The van der Waals surface area contributed by atoms with Gasteiger partial charge in [0, 0.05) is 44.1 Å². The molecule has 0 bridgehead atoms. The summed E-state index contributed by atoms with van der Waals surface area (Å²) in [5.41, 5.74) is 15.7. The van der Waals surface area contributed by atoms with E-state index in [1.54, 1.807) is 0 Å². The van der Waals surface area contributed by atoms with Crippen molar-refractivity contribution in [2.45, 2.75) is 0 Å². The second-order valence-corrected chi connectivity index (χ2v) is 16.0. The molecule has 0 amide bonds. The molecule has 0 saturated carbocycles. The van der Waals surface area contributed by atoms with Crippen molar-refractivity contribution < 1.29 is 0 Å². The van der Waals surface area contributed by atoms with Gasteiger partial charge in [0.1, 0.15) is 0 Å². The normalized spacial score (nSPS) is 11.5. The van der Waals surface area contributed by atoms with Gasteiger partial charge in [-0.2, -0.15) is 0 Å². The molecule has 0 aliphatic rings. The zero-order valence-electron chi connectivity index (χ0n) is 34.2. The largest absolute Gasteiger partial charge is 0.308 e. The summed E-state index contributed by atoms with van der Waals surface area (Å²) in [6, 6.07) is 81.5. The molecule has 0 spiro atoms. The fourth-order valence-electron chi connectivity index (χ4n) is 9.05. The summed E-state index contributed by atoms with van der Waals surface area (Å²) in [5.74, 6) is 0.665. The predicted octanol–water partition coefficient (Wildman–Crippen LogP) is 15.3. The average Bonchev–Trinajstić information content (AvgIpc) is 3.72. The molecule has 4 heteroatoms. The highest BCUT2D eigenvalue weighted by atomic mass is 15.0. The summed E-state index contributed by atoms with van der Waals surface area (Å²) in [4.78, 5) is 15.9. The number of aromatic nitrogens is 4. The van der Waals surface area contributed by atoms with Crippen molar-refractivity contribution >= 4 is 43.5 Å². The molecule has 294 valence electrons. The van der Waals surface area contributed by atoms with Crippen LogP contribution in [0.5, 0.6) is 0 Å². The van der Waals surface area contributed by atoms with E-state index in [4.69, 9.17) is 15.0 Å². The van der Waals surface area contributed by atoms with Crippen LogP contribution >= 0.6 is 0 Å². The van der Waals surface area contributed by atoms with E-state index in [1.807, 2.05) is 12.1 Å². The topological polar surface area (TPSA) is 43.6 Å². The van der Waals surface area contributed by atoms with Crippen LogP contribution in [0.15, 0.2) is 231 Å². The third-order valence-corrected chi connectivity index (χ3v) is 12.2. The van der Waals surface area contributed by atoms with Crippen molar-refractivity contribution in [2.75, 3.05) is 0 Å². The summed E-state index contributed by atoms with van der Waals surface area (Å²) in [6.07, 6.45) is 0. The monoisotopic (exact) mass is 802 g/mol. The van der Waals surface area contributed by atoms with Crippen molar-refractivity contribution in [3.05, 3.63) is 231 Å². The molecule has 0 radical (unpaired) electrons. The summed E-state index contributed by atoms with van der Waals surface area (Å²) in [7, 11) is 0. The quantitative estimate of drug-likeness (QED) is 0.161. The zero-order valence-corrected chi connectivity index (χ0v) is 34.2. The highest BCUT2D eigenvalue weighted by Gasteiger charge is 2.21. The average molecular weight is 803 g/mol. The molecule has 0 aliphatic carbocycles. The van der Waals surface area contributed by atoms with Crippen LogP contribution in [0.25, 0.3) is 117 Å². The Labute approximate surface area is 365 Å². The van der Waals surface area contributed by atoms with Gasteiger partial charge in [0.05, 0.1) is 33.6 Å². The van der Waals surface area contributed by atoms with E-state index >= 15 is 0 Å².